The number of cyclic esters (lactones) is 1. The Morgan fingerprint density at radius 1 is 1.15 bits per heavy atom. The molecule has 0 bridgehead atoms. The molecule has 1 aliphatic heterocycles. The van der Waals surface area contributed by atoms with Crippen molar-refractivity contribution in [1.29, 1.82) is 0 Å². The Labute approximate surface area is 116 Å². The van der Waals surface area contributed by atoms with E-state index < -0.39 is 11.9 Å². The van der Waals surface area contributed by atoms with E-state index in [0.717, 1.165) is 0 Å². The molecule has 5 heteroatoms. The van der Waals surface area contributed by atoms with Gasteiger partial charge in [-0.1, -0.05) is 30.3 Å². The standard InChI is InChI=1S/C15H14O5/c1-9(14(16)19-3)12-13(18-2)11(15(17)20-12)10-7-5-4-6-8-10/h4-8H,1-3H3/b12-9+. The van der Waals surface area contributed by atoms with Crippen LogP contribution in [0.1, 0.15) is 12.5 Å². The van der Waals surface area contributed by atoms with Crippen molar-refractivity contribution < 1.29 is 23.8 Å². The Morgan fingerprint density at radius 3 is 2.35 bits per heavy atom. The minimum atomic E-state index is -0.573. The molecule has 104 valence electrons. The summed E-state index contributed by atoms with van der Waals surface area (Å²) >= 11 is 0. The van der Waals surface area contributed by atoms with Gasteiger partial charge in [0, 0.05) is 0 Å². The highest BCUT2D eigenvalue weighted by Gasteiger charge is 2.35. The van der Waals surface area contributed by atoms with Gasteiger partial charge in [0.1, 0.15) is 5.57 Å². The van der Waals surface area contributed by atoms with Gasteiger partial charge in [0.2, 0.25) is 0 Å². The minimum absolute atomic E-state index is 0.100. The second kappa shape index (κ2) is 5.61. The molecule has 0 amide bonds. The molecule has 2 rings (SSSR count). The Bertz CT molecular complexity index is 610. The monoisotopic (exact) mass is 274 g/mol. The number of ether oxygens (including phenoxy) is 3. The van der Waals surface area contributed by atoms with Crippen LogP contribution in [0.15, 0.2) is 47.4 Å². The van der Waals surface area contributed by atoms with Crippen LogP contribution in [0.4, 0.5) is 0 Å². The van der Waals surface area contributed by atoms with Crippen LogP contribution in [-0.4, -0.2) is 26.2 Å². The summed E-state index contributed by atoms with van der Waals surface area (Å²) in [6.45, 7) is 1.52. The lowest BCUT2D eigenvalue weighted by molar-refractivity contribution is -0.136. The van der Waals surface area contributed by atoms with Gasteiger partial charge in [-0.3, -0.25) is 0 Å². The molecule has 20 heavy (non-hydrogen) atoms. The Morgan fingerprint density at radius 2 is 1.80 bits per heavy atom. The normalized spacial score (nSPS) is 16.9. The third-order valence-electron chi connectivity index (χ3n) is 2.93. The van der Waals surface area contributed by atoms with Gasteiger partial charge in [-0.2, -0.15) is 0 Å². The van der Waals surface area contributed by atoms with Crippen molar-refractivity contribution in [2.75, 3.05) is 14.2 Å². The predicted octanol–water partition coefficient (Wildman–Crippen LogP) is 2.05. The van der Waals surface area contributed by atoms with Crippen molar-refractivity contribution in [3.63, 3.8) is 0 Å². The molecule has 1 aromatic rings. The quantitative estimate of drug-likeness (QED) is 0.623. The van der Waals surface area contributed by atoms with Gasteiger partial charge in [0.05, 0.1) is 19.8 Å². The van der Waals surface area contributed by atoms with E-state index >= 15 is 0 Å². The smallest absolute Gasteiger partial charge is 0.348 e. The highest BCUT2D eigenvalue weighted by Crippen LogP contribution is 2.35. The summed E-state index contributed by atoms with van der Waals surface area (Å²) in [4.78, 5) is 23.6. The molecule has 0 saturated heterocycles. The van der Waals surface area contributed by atoms with Crippen LogP contribution in [0, 0.1) is 0 Å². The number of esters is 2. The number of carbonyl (C=O) groups is 2. The van der Waals surface area contributed by atoms with Crippen molar-refractivity contribution in [2.45, 2.75) is 6.92 Å². The summed E-state index contributed by atoms with van der Waals surface area (Å²) < 4.78 is 15.0. The third kappa shape index (κ3) is 2.30. The fourth-order valence-corrected chi connectivity index (χ4v) is 1.94. The molecule has 1 aromatic carbocycles. The molecule has 0 saturated carbocycles. The van der Waals surface area contributed by atoms with Crippen molar-refractivity contribution in [3.8, 4) is 0 Å². The van der Waals surface area contributed by atoms with E-state index in [9.17, 15) is 9.59 Å². The second-order valence-electron chi connectivity index (χ2n) is 4.11. The fraction of sp³-hybridized carbons (Fsp3) is 0.200. The molecule has 1 aliphatic rings. The van der Waals surface area contributed by atoms with Crippen LogP contribution >= 0.6 is 0 Å². The SMILES string of the molecule is COC(=O)/C(C)=C1/OC(=O)C(c2ccccc2)=C1OC. The van der Waals surface area contributed by atoms with E-state index in [-0.39, 0.29) is 17.1 Å². The molecule has 0 fully saturated rings. The summed E-state index contributed by atoms with van der Waals surface area (Å²) in [5.41, 5.74) is 1.15. The third-order valence-corrected chi connectivity index (χ3v) is 2.93. The van der Waals surface area contributed by atoms with E-state index in [1.54, 1.807) is 24.3 Å². The zero-order valence-corrected chi connectivity index (χ0v) is 11.4. The number of carbonyl (C=O) groups excluding carboxylic acids is 2. The molecule has 1 heterocycles. The highest BCUT2D eigenvalue weighted by atomic mass is 16.6. The van der Waals surface area contributed by atoms with Crippen LogP contribution in [0.5, 0.6) is 0 Å². The van der Waals surface area contributed by atoms with Crippen molar-refractivity contribution >= 4 is 17.5 Å². The first-order valence-electron chi connectivity index (χ1n) is 5.95. The fourth-order valence-electron chi connectivity index (χ4n) is 1.94. The Balaban J connectivity index is 2.59. The van der Waals surface area contributed by atoms with E-state index in [1.807, 2.05) is 6.07 Å². The van der Waals surface area contributed by atoms with E-state index in [1.165, 1.54) is 21.1 Å². The number of rotatable bonds is 3. The molecule has 0 aliphatic carbocycles. The molecule has 0 N–H and O–H groups in total. The molecular formula is C15H14O5. The lowest BCUT2D eigenvalue weighted by atomic mass is 10.0. The first-order valence-corrected chi connectivity index (χ1v) is 5.95. The van der Waals surface area contributed by atoms with Crippen LogP contribution in [0.3, 0.4) is 0 Å². The van der Waals surface area contributed by atoms with Gasteiger partial charge in [-0.05, 0) is 12.5 Å². The van der Waals surface area contributed by atoms with Gasteiger partial charge in [-0.15, -0.1) is 0 Å². The van der Waals surface area contributed by atoms with Gasteiger partial charge in [-0.25, -0.2) is 9.59 Å². The first kappa shape index (κ1) is 13.9. The lowest BCUT2D eigenvalue weighted by Crippen LogP contribution is -2.07. The van der Waals surface area contributed by atoms with Crippen LogP contribution in [0.25, 0.3) is 5.57 Å². The summed E-state index contributed by atoms with van der Waals surface area (Å²) in [7, 11) is 2.68. The van der Waals surface area contributed by atoms with Crippen LogP contribution in [-0.2, 0) is 23.8 Å². The number of methoxy groups -OCH3 is 2. The summed E-state index contributed by atoms with van der Waals surface area (Å²) in [5, 5.41) is 0. The first-order chi connectivity index (χ1) is 9.60. The molecule has 0 spiro atoms. The molecule has 0 aromatic heterocycles. The maximum Gasteiger partial charge on any atom is 0.348 e. The number of hydrogen-bond donors (Lipinski definition) is 0. The molecule has 0 unspecified atom stereocenters. The maximum absolute atomic E-state index is 12.0. The maximum atomic E-state index is 12.0. The van der Waals surface area contributed by atoms with Crippen molar-refractivity contribution in [1.82, 2.24) is 0 Å². The molecule has 0 atom stereocenters. The molecular weight excluding hydrogens is 260 g/mol. The van der Waals surface area contributed by atoms with E-state index in [0.29, 0.717) is 11.1 Å². The zero-order chi connectivity index (χ0) is 14.7. The zero-order valence-electron chi connectivity index (χ0n) is 11.4. The van der Waals surface area contributed by atoms with Crippen molar-refractivity contribution in [2.24, 2.45) is 0 Å². The highest BCUT2D eigenvalue weighted by molar-refractivity contribution is 6.21. The average molecular weight is 274 g/mol. The van der Waals surface area contributed by atoms with Gasteiger partial charge < -0.3 is 14.2 Å². The Kier molecular flexibility index (Phi) is 3.89. The Hall–Kier alpha value is -2.56. The predicted molar refractivity (Wildman–Crippen MR) is 71.2 cm³/mol. The molecule has 0 radical (unpaired) electrons. The number of hydrogen-bond acceptors (Lipinski definition) is 5. The largest absolute Gasteiger partial charge is 0.492 e. The minimum Gasteiger partial charge on any atom is -0.492 e. The average Bonchev–Trinajstić information content (AvgIpc) is 2.82. The van der Waals surface area contributed by atoms with Crippen molar-refractivity contribution in [3.05, 3.63) is 53.0 Å². The second-order valence-corrected chi connectivity index (χ2v) is 4.11. The topological polar surface area (TPSA) is 61.8 Å². The summed E-state index contributed by atoms with van der Waals surface area (Å²) in [6, 6.07) is 8.99. The van der Waals surface area contributed by atoms with Crippen LogP contribution < -0.4 is 0 Å². The summed E-state index contributed by atoms with van der Waals surface area (Å²) in [6.07, 6.45) is 0. The van der Waals surface area contributed by atoms with Gasteiger partial charge in [0.25, 0.3) is 0 Å². The van der Waals surface area contributed by atoms with E-state index in [4.69, 9.17) is 9.47 Å². The lowest BCUT2D eigenvalue weighted by Gasteiger charge is -2.06. The van der Waals surface area contributed by atoms with Gasteiger partial charge in [0.15, 0.2) is 11.5 Å². The van der Waals surface area contributed by atoms with Crippen LogP contribution in [0.2, 0.25) is 0 Å². The number of benzene rings is 1. The molecule has 5 nitrogen and oxygen atoms in total. The van der Waals surface area contributed by atoms with Gasteiger partial charge >= 0.3 is 11.9 Å². The summed E-state index contributed by atoms with van der Waals surface area (Å²) in [5.74, 6) is -0.782. The van der Waals surface area contributed by atoms with E-state index in [2.05, 4.69) is 4.74 Å².